The standard InChI is InChI=1S/C16H19NO3S/c1-11(2)10-17-13(14-4-3-9-21-14)7-5-12(16(17)20)6-8-15(18)19/h3-5,7,9,11H,6,8,10H2,1-2H3,(H,18,19). The molecule has 21 heavy (non-hydrogen) atoms. The van der Waals surface area contributed by atoms with Crippen LogP contribution in [0.15, 0.2) is 34.4 Å². The molecular weight excluding hydrogens is 286 g/mol. The molecule has 0 aliphatic carbocycles. The zero-order valence-corrected chi connectivity index (χ0v) is 13.0. The van der Waals surface area contributed by atoms with Crippen molar-refractivity contribution in [1.82, 2.24) is 4.57 Å². The third-order valence-electron chi connectivity index (χ3n) is 3.18. The molecule has 0 aromatic carbocycles. The zero-order chi connectivity index (χ0) is 15.4. The van der Waals surface area contributed by atoms with E-state index in [0.717, 1.165) is 10.6 Å². The lowest BCUT2D eigenvalue weighted by Gasteiger charge is -2.15. The predicted octanol–water partition coefficient (Wildman–Crippen LogP) is 3.25. The number of carboxylic acids is 1. The molecular formula is C16H19NO3S. The fourth-order valence-electron chi connectivity index (χ4n) is 2.24. The Morgan fingerprint density at radius 2 is 2.10 bits per heavy atom. The normalized spacial score (nSPS) is 11.0. The molecule has 2 heterocycles. The Labute approximate surface area is 127 Å². The first kappa shape index (κ1) is 15.5. The van der Waals surface area contributed by atoms with Gasteiger partial charge in [-0.25, -0.2) is 0 Å². The van der Waals surface area contributed by atoms with Gasteiger partial charge in [0.15, 0.2) is 0 Å². The first-order valence-electron chi connectivity index (χ1n) is 6.97. The van der Waals surface area contributed by atoms with Crippen molar-refractivity contribution in [3.05, 3.63) is 45.6 Å². The van der Waals surface area contributed by atoms with Gasteiger partial charge in [-0.3, -0.25) is 9.59 Å². The van der Waals surface area contributed by atoms with Gasteiger partial charge in [0, 0.05) is 18.5 Å². The molecule has 0 radical (unpaired) electrons. The minimum atomic E-state index is -0.882. The molecule has 0 spiro atoms. The van der Waals surface area contributed by atoms with Crippen LogP contribution >= 0.6 is 11.3 Å². The van der Waals surface area contributed by atoms with E-state index in [-0.39, 0.29) is 18.4 Å². The number of hydrogen-bond acceptors (Lipinski definition) is 3. The predicted molar refractivity (Wildman–Crippen MR) is 84.8 cm³/mol. The highest BCUT2D eigenvalue weighted by molar-refractivity contribution is 7.13. The number of aliphatic carboxylic acids is 1. The summed E-state index contributed by atoms with van der Waals surface area (Å²) in [6, 6.07) is 7.64. The van der Waals surface area contributed by atoms with E-state index in [2.05, 4.69) is 13.8 Å². The zero-order valence-electron chi connectivity index (χ0n) is 12.2. The van der Waals surface area contributed by atoms with E-state index in [0.29, 0.717) is 18.0 Å². The summed E-state index contributed by atoms with van der Waals surface area (Å²) in [6.45, 7) is 4.76. The van der Waals surface area contributed by atoms with Crippen molar-refractivity contribution in [2.45, 2.75) is 33.2 Å². The smallest absolute Gasteiger partial charge is 0.303 e. The van der Waals surface area contributed by atoms with Crippen molar-refractivity contribution >= 4 is 17.3 Å². The molecule has 112 valence electrons. The van der Waals surface area contributed by atoms with Gasteiger partial charge in [0.05, 0.1) is 10.6 Å². The summed E-state index contributed by atoms with van der Waals surface area (Å²) < 4.78 is 1.77. The van der Waals surface area contributed by atoms with Crippen molar-refractivity contribution in [1.29, 1.82) is 0 Å². The van der Waals surface area contributed by atoms with Crippen LogP contribution in [0.3, 0.4) is 0 Å². The molecule has 0 fully saturated rings. The van der Waals surface area contributed by atoms with Crippen LogP contribution in [0.25, 0.3) is 10.6 Å². The van der Waals surface area contributed by atoms with E-state index in [4.69, 9.17) is 5.11 Å². The number of carboxylic acid groups (broad SMARTS) is 1. The van der Waals surface area contributed by atoms with Crippen LogP contribution in [0.1, 0.15) is 25.8 Å². The second kappa shape index (κ2) is 6.72. The van der Waals surface area contributed by atoms with Crippen LogP contribution in [0.2, 0.25) is 0 Å². The largest absolute Gasteiger partial charge is 0.481 e. The number of aryl methyl sites for hydroxylation is 1. The second-order valence-corrected chi connectivity index (χ2v) is 6.37. The molecule has 2 aromatic rings. The van der Waals surface area contributed by atoms with Gasteiger partial charge in [0.25, 0.3) is 5.56 Å². The first-order chi connectivity index (χ1) is 9.99. The van der Waals surface area contributed by atoms with Gasteiger partial charge in [0.1, 0.15) is 0 Å². The maximum Gasteiger partial charge on any atom is 0.303 e. The molecule has 0 saturated heterocycles. The van der Waals surface area contributed by atoms with Gasteiger partial charge in [-0.15, -0.1) is 11.3 Å². The third-order valence-corrected chi connectivity index (χ3v) is 4.07. The van der Waals surface area contributed by atoms with Crippen LogP contribution in [-0.4, -0.2) is 15.6 Å². The van der Waals surface area contributed by atoms with E-state index in [1.165, 1.54) is 0 Å². The van der Waals surface area contributed by atoms with Gasteiger partial charge in [-0.2, -0.15) is 0 Å². The number of nitrogens with zero attached hydrogens (tertiary/aromatic N) is 1. The Balaban J connectivity index is 2.45. The molecule has 0 amide bonds. The molecule has 0 aliphatic heterocycles. The van der Waals surface area contributed by atoms with Crippen molar-refractivity contribution in [2.24, 2.45) is 5.92 Å². The number of rotatable bonds is 6. The SMILES string of the molecule is CC(C)Cn1c(-c2cccs2)ccc(CCC(=O)O)c1=O. The number of thiophene rings is 1. The summed E-state index contributed by atoms with van der Waals surface area (Å²) in [6.07, 6.45) is 0.256. The highest BCUT2D eigenvalue weighted by atomic mass is 32.1. The monoisotopic (exact) mass is 305 g/mol. The van der Waals surface area contributed by atoms with Gasteiger partial charge in [-0.05, 0) is 29.9 Å². The quantitative estimate of drug-likeness (QED) is 0.891. The topological polar surface area (TPSA) is 59.3 Å². The second-order valence-electron chi connectivity index (χ2n) is 5.42. The number of aromatic nitrogens is 1. The average Bonchev–Trinajstić information content (AvgIpc) is 2.93. The van der Waals surface area contributed by atoms with Crippen LogP contribution in [-0.2, 0) is 17.8 Å². The first-order valence-corrected chi connectivity index (χ1v) is 7.85. The molecule has 4 nitrogen and oxygen atoms in total. The summed E-state index contributed by atoms with van der Waals surface area (Å²) >= 11 is 1.60. The van der Waals surface area contributed by atoms with Crippen LogP contribution < -0.4 is 5.56 Å². The van der Waals surface area contributed by atoms with E-state index >= 15 is 0 Å². The lowest BCUT2D eigenvalue weighted by Crippen LogP contribution is -2.27. The van der Waals surface area contributed by atoms with E-state index in [1.54, 1.807) is 22.0 Å². The Morgan fingerprint density at radius 3 is 2.67 bits per heavy atom. The van der Waals surface area contributed by atoms with Gasteiger partial charge < -0.3 is 9.67 Å². The minimum absolute atomic E-state index is 0.0186. The molecule has 0 bridgehead atoms. The van der Waals surface area contributed by atoms with Gasteiger partial charge in [-0.1, -0.05) is 26.0 Å². The molecule has 0 atom stereocenters. The maximum absolute atomic E-state index is 12.6. The number of carbonyl (C=O) groups is 1. The molecule has 1 N–H and O–H groups in total. The fraction of sp³-hybridized carbons (Fsp3) is 0.375. The molecule has 2 aromatic heterocycles. The summed E-state index contributed by atoms with van der Waals surface area (Å²) in [5.74, 6) is -0.539. The average molecular weight is 305 g/mol. The Morgan fingerprint density at radius 1 is 1.33 bits per heavy atom. The molecule has 0 aliphatic rings. The molecule has 5 heteroatoms. The summed E-state index contributed by atoms with van der Waals surface area (Å²) in [7, 11) is 0. The Hall–Kier alpha value is -1.88. The van der Waals surface area contributed by atoms with E-state index < -0.39 is 5.97 Å². The Bertz CT molecular complexity index is 671. The summed E-state index contributed by atoms with van der Waals surface area (Å²) in [5.41, 5.74) is 1.40. The number of pyridine rings is 1. The highest BCUT2D eigenvalue weighted by Crippen LogP contribution is 2.24. The van der Waals surface area contributed by atoms with Gasteiger partial charge >= 0.3 is 5.97 Å². The summed E-state index contributed by atoms with van der Waals surface area (Å²) in [4.78, 5) is 24.4. The Kier molecular flexibility index (Phi) is 4.96. The molecule has 2 rings (SSSR count). The van der Waals surface area contributed by atoms with E-state index in [9.17, 15) is 9.59 Å². The van der Waals surface area contributed by atoms with Crippen LogP contribution in [0.4, 0.5) is 0 Å². The lowest BCUT2D eigenvalue weighted by atomic mass is 10.1. The van der Waals surface area contributed by atoms with Crippen molar-refractivity contribution < 1.29 is 9.90 Å². The molecule has 0 saturated carbocycles. The fourth-order valence-corrected chi connectivity index (χ4v) is 3.00. The number of hydrogen-bond donors (Lipinski definition) is 1. The lowest BCUT2D eigenvalue weighted by molar-refractivity contribution is -0.136. The maximum atomic E-state index is 12.6. The van der Waals surface area contributed by atoms with Gasteiger partial charge in [0.2, 0.25) is 0 Å². The van der Waals surface area contributed by atoms with Crippen molar-refractivity contribution in [3.8, 4) is 10.6 Å². The molecule has 0 unspecified atom stereocenters. The third kappa shape index (κ3) is 3.82. The van der Waals surface area contributed by atoms with Crippen molar-refractivity contribution in [2.75, 3.05) is 0 Å². The minimum Gasteiger partial charge on any atom is -0.481 e. The van der Waals surface area contributed by atoms with Crippen LogP contribution in [0, 0.1) is 5.92 Å². The van der Waals surface area contributed by atoms with Crippen LogP contribution in [0.5, 0.6) is 0 Å². The van der Waals surface area contributed by atoms with E-state index in [1.807, 2.05) is 23.6 Å². The van der Waals surface area contributed by atoms with Crippen molar-refractivity contribution in [3.63, 3.8) is 0 Å². The highest BCUT2D eigenvalue weighted by Gasteiger charge is 2.13. The summed E-state index contributed by atoms with van der Waals surface area (Å²) in [5, 5.41) is 10.8.